The molecule has 1 heteroatoms. The topological polar surface area (TPSA) is 20.2 Å². The molecule has 0 saturated heterocycles. The van der Waals surface area contributed by atoms with Crippen LogP contribution < -0.4 is 0 Å². The van der Waals surface area contributed by atoms with Crippen molar-refractivity contribution in [3.05, 3.63) is 0 Å². The molecule has 0 rings (SSSR count). The Kier molecular flexibility index (Phi) is 15.0. The Balaban J connectivity index is 3.02. The van der Waals surface area contributed by atoms with E-state index in [2.05, 4.69) is 13.8 Å². The molecule has 1 N–H and O–H groups in total. The summed E-state index contributed by atoms with van der Waals surface area (Å²) < 4.78 is 0. The van der Waals surface area contributed by atoms with Gasteiger partial charge in [0.25, 0.3) is 0 Å². The van der Waals surface area contributed by atoms with Gasteiger partial charge in [-0.3, -0.25) is 0 Å². The monoisotopic (exact) mass is 256 g/mol. The molecule has 18 heavy (non-hydrogen) atoms. The van der Waals surface area contributed by atoms with Crippen LogP contribution in [0.15, 0.2) is 0 Å². The van der Waals surface area contributed by atoms with Gasteiger partial charge in [-0.25, -0.2) is 0 Å². The van der Waals surface area contributed by atoms with Crippen molar-refractivity contribution in [3.63, 3.8) is 0 Å². The zero-order valence-electron chi connectivity index (χ0n) is 12.9. The van der Waals surface area contributed by atoms with Crippen LogP contribution in [0.2, 0.25) is 0 Å². The average Bonchev–Trinajstić information content (AvgIpc) is 2.38. The molecule has 0 spiro atoms. The molecule has 110 valence electrons. The van der Waals surface area contributed by atoms with Crippen LogP contribution in [0.5, 0.6) is 0 Å². The van der Waals surface area contributed by atoms with Gasteiger partial charge in [-0.05, 0) is 12.8 Å². The molecule has 0 aromatic rings. The SMILES string of the molecule is CCCCCCCCCCCCC(O)CCCC. The molecular weight excluding hydrogens is 220 g/mol. The van der Waals surface area contributed by atoms with Crippen LogP contribution in [0.25, 0.3) is 0 Å². The summed E-state index contributed by atoms with van der Waals surface area (Å²) in [6.45, 7) is 4.46. The fourth-order valence-electron chi connectivity index (χ4n) is 2.45. The minimum atomic E-state index is -0.0287. The number of unbranched alkanes of at least 4 members (excludes halogenated alkanes) is 10. The summed E-state index contributed by atoms with van der Waals surface area (Å²) in [5.74, 6) is 0. The maximum atomic E-state index is 9.70. The minimum Gasteiger partial charge on any atom is -0.393 e. The van der Waals surface area contributed by atoms with Crippen LogP contribution in [-0.2, 0) is 0 Å². The predicted octanol–water partition coefficient (Wildman–Crippen LogP) is 5.85. The molecule has 0 fully saturated rings. The first-order valence-electron chi connectivity index (χ1n) is 8.49. The lowest BCUT2D eigenvalue weighted by Gasteiger charge is -2.09. The van der Waals surface area contributed by atoms with Gasteiger partial charge in [0.05, 0.1) is 6.10 Å². The van der Waals surface area contributed by atoms with Gasteiger partial charge in [-0.1, -0.05) is 90.9 Å². The Morgan fingerprint density at radius 3 is 1.44 bits per heavy atom. The smallest absolute Gasteiger partial charge is 0.0540 e. The predicted molar refractivity (Wildman–Crippen MR) is 82.0 cm³/mol. The van der Waals surface area contributed by atoms with Crippen molar-refractivity contribution >= 4 is 0 Å². The summed E-state index contributed by atoms with van der Waals surface area (Å²) in [4.78, 5) is 0. The van der Waals surface area contributed by atoms with Gasteiger partial charge in [-0.15, -0.1) is 0 Å². The van der Waals surface area contributed by atoms with Crippen LogP contribution in [0.3, 0.4) is 0 Å². The molecule has 1 atom stereocenters. The Bertz CT molecular complexity index is 145. The molecule has 0 aliphatic rings. The molecule has 0 saturated carbocycles. The molecule has 0 aromatic heterocycles. The molecule has 0 aliphatic heterocycles. The maximum absolute atomic E-state index is 9.70. The largest absolute Gasteiger partial charge is 0.393 e. The van der Waals surface area contributed by atoms with E-state index in [4.69, 9.17) is 0 Å². The second kappa shape index (κ2) is 15.0. The first-order chi connectivity index (χ1) is 8.81. The van der Waals surface area contributed by atoms with E-state index in [9.17, 15) is 5.11 Å². The van der Waals surface area contributed by atoms with E-state index in [1.807, 2.05) is 0 Å². The van der Waals surface area contributed by atoms with Crippen LogP contribution in [-0.4, -0.2) is 11.2 Å². The molecule has 0 aliphatic carbocycles. The summed E-state index contributed by atoms with van der Waals surface area (Å²) in [7, 11) is 0. The highest BCUT2D eigenvalue weighted by Crippen LogP contribution is 2.13. The maximum Gasteiger partial charge on any atom is 0.0540 e. The Hall–Kier alpha value is -0.0400. The van der Waals surface area contributed by atoms with E-state index in [0.717, 1.165) is 12.8 Å². The molecule has 0 heterocycles. The quantitative estimate of drug-likeness (QED) is 0.387. The molecule has 0 radical (unpaired) electrons. The molecule has 1 unspecified atom stereocenters. The second-order valence-electron chi connectivity index (χ2n) is 5.77. The van der Waals surface area contributed by atoms with Crippen LogP contribution in [0.4, 0.5) is 0 Å². The van der Waals surface area contributed by atoms with E-state index < -0.39 is 0 Å². The lowest BCUT2D eigenvalue weighted by molar-refractivity contribution is 0.148. The number of aliphatic hydroxyl groups excluding tert-OH is 1. The van der Waals surface area contributed by atoms with Gasteiger partial charge in [0, 0.05) is 0 Å². The lowest BCUT2D eigenvalue weighted by atomic mass is 10.0. The van der Waals surface area contributed by atoms with E-state index in [1.54, 1.807) is 0 Å². The number of hydrogen-bond donors (Lipinski definition) is 1. The Labute approximate surface area is 115 Å². The van der Waals surface area contributed by atoms with E-state index >= 15 is 0 Å². The first-order valence-corrected chi connectivity index (χ1v) is 8.49. The van der Waals surface area contributed by atoms with E-state index in [-0.39, 0.29) is 6.10 Å². The number of hydrogen-bond acceptors (Lipinski definition) is 1. The normalized spacial score (nSPS) is 12.8. The van der Waals surface area contributed by atoms with Crippen molar-refractivity contribution in [1.82, 2.24) is 0 Å². The van der Waals surface area contributed by atoms with Gasteiger partial charge < -0.3 is 5.11 Å². The highest BCUT2D eigenvalue weighted by Gasteiger charge is 2.02. The van der Waals surface area contributed by atoms with Crippen molar-refractivity contribution in [2.45, 2.75) is 110 Å². The second-order valence-corrected chi connectivity index (χ2v) is 5.77. The highest BCUT2D eigenvalue weighted by atomic mass is 16.3. The van der Waals surface area contributed by atoms with Crippen LogP contribution in [0, 0.1) is 0 Å². The number of rotatable bonds is 14. The van der Waals surface area contributed by atoms with Crippen LogP contribution in [0.1, 0.15) is 104 Å². The third kappa shape index (κ3) is 14.0. The number of aliphatic hydroxyl groups is 1. The minimum absolute atomic E-state index is 0.0287. The van der Waals surface area contributed by atoms with E-state index in [1.165, 1.54) is 77.0 Å². The fraction of sp³-hybridized carbons (Fsp3) is 1.00. The van der Waals surface area contributed by atoms with Gasteiger partial charge >= 0.3 is 0 Å². The standard InChI is InChI=1S/C17H36O/c1-3-5-7-8-9-10-11-12-13-14-16-17(18)15-6-4-2/h17-18H,3-16H2,1-2H3. The molecular formula is C17H36O. The zero-order valence-corrected chi connectivity index (χ0v) is 12.9. The molecule has 0 bridgehead atoms. The summed E-state index contributed by atoms with van der Waals surface area (Å²) >= 11 is 0. The third-order valence-corrected chi connectivity index (χ3v) is 3.78. The third-order valence-electron chi connectivity index (χ3n) is 3.78. The van der Waals surface area contributed by atoms with Gasteiger partial charge in [-0.2, -0.15) is 0 Å². The summed E-state index contributed by atoms with van der Waals surface area (Å²) in [6, 6.07) is 0. The van der Waals surface area contributed by atoms with Gasteiger partial charge in [0.15, 0.2) is 0 Å². The Morgan fingerprint density at radius 1 is 0.556 bits per heavy atom. The van der Waals surface area contributed by atoms with Crippen molar-refractivity contribution in [2.24, 2.45) is 0 Å². The van der Waals surface area contributed by atoms with Gasteiger partial charge in [0.1, 0.15) is 0 Å². The van der Waals surface area contributed by atoms with Crippen molar-refractivity contribution in [3.8, 4) is 0 Å². The first kappa shape index (κ1) is 18.0. The van der Waals surface area contributed by atoms with Crippen molar-refractivity contribution in [2.75, 3.05) is 0 Å². The average molecular weight is 256 g/mol. The highest BCUT2D eigenvalue weighted by molar-refractivity contribution is 4.56. The molecule has 0 aromatic carbocycles. The van der Waals surface area contributed by atoms with Crippen LogP contribution >= 0.6 is 0 Å². The van der Waals surface area contributed by atoms with Gasteiger partial charge in [0.2, 0.25) is 0 Å². The van der Waals surface area contributed by atoms with Crippen molar-refractivity contribution < 1.29 is 5.11 Å². The lowest BCUT2D eigenvalue weighted by Crippen LogP contribution is -2.05. The zero-order chi connectivity index (χ0) is 13.5. The summed E-state index contributed by atoms with van der Waals surface area (Å²) in [5.41, 5.74) is 0. The van der Waals surface area contributed by atoms with Crippen molar-refractivity contribution in [1.29, 1.82) is 0 Å². The molecule has 1 nitrogen and oxygen atoms in total. The fourth-order valence-corrected chi connectivity index (χ4v) is 2.45. The Morgan fingerprint density at radius 2 is 0.944 bits per heavy atom. The summed E-state index contributed by atoms with van der Waals surface area (Å²) in [6.07, 6.45) is 18.2. The van der Waals surface area contributed by atoms with E-state index in [0.29, 0.717) is 0 Å². The molecule has 0 amide bonds. The summed E-state index contributed by atoms with van der Waals surface area (Å²) in [5, 5.41) is 9.70.